The second kappa shape index (κ2) is 7.00. The molecule has 116 valence electrons. The first-order chi connectivity index (χ1) is 10.00. The molecular weight excluding hydrogens is 290 g/mol. The predicted octanol–water partition coefficient (Wildman–Crippen LogP) is 0.207. The van der Waals surface area contributed by atoms with Gasteiger partial charge in [-0.05, 0) is 24.6 Å². The third kappa shape index (κ3) is 4.78. The van der Waals surface area contributed by atoms with Gasteiger partial charge in [0.1, 0.15) is 0 Å². The van der Waals surface area contributed by atoms with E-state index in [1.54, 1.807) is 12.4 Å². The number of hydrogen-bond donors (Lipinski definition) is 1. The number of pyridine rings is 1. The third-order valence-electron chi connectivity index (χ3n) is 3.69. The van der Waals surface area contributed by atoms with E-state index in [2.05, 4.69) is 10.3 Å². The Bertz CT molecular complexity index is 574. The van der Waals surface area contributed by atoms with Crippen LogP contribution in [-0.4, -0.2) is 54.8 Å². The van der Waals surface area contributed by atoms with Crippen LogP contribution in [0.25, 0.3) is 0 Å². The number of hydrogen-bond acceptors (Lipinski definition) is 5. The Kier molecular flexibility index (Phi) is 5.30. The Morgan fingerprint density at radius 1 is 1.52 bits per heavy atom. The lowest BCUT2D eigenvalue weighted by Crippen LogP contribution is -2.43. The number of nitrogens with one attached hydrogen (secondary N) is 1. The van der Waals surface area contributed by atoms with E-state index >= 15 is 0 Å². The normalized spacial score (nSPS) is 20.6. The van der Waals surface area contributed by atoms with Crippen LogP contribution in [0.15, 0.2) is 24.5 Å². The number of carbonyl (C=O) groups is 1. The zero-order chi connectivity index (χ0) is 15.3. The molecule has 6 nitrogen and oxygen atoms in total. The monoisotopic (exact) mass is 311 g/mol. The molecular formula is C14H21N3O3S. The molecule has 1 fully saturated rings. The van der Waals surface area contributed by atoms with E-state index in [0.29, 0.717) is 19.5 Å². The highest BCUT2D eigenvalue weighted by Gasteiger charge is 2.32. The lowest BCUT2D eigenvalue weighted by atomic mass is 10.2. The van der Waals surface area contributed by atoms with Gasteiger partial charge in [-0.1, -0.05) is 13.0 Å². The van der Waals surface area contributed by atoms with Crippen molar-refractivity contribution in [2.75, 3.05) is 24.6 Å². The van der Waals surface area contributed by atoms with Gasteiger partial charge in [0.15, 0.2) is 9.84 Å². The van der Waals surface area contributed by atoms with Gasteiger partial charge in [0, 0.05) is 25.0 Å². The van der Waals surface area contributed by atoms with E-state index < -0.39 is 9.84 Å². The second-order valence-electron chi connectivity index (χ2n) is 5.26. The Balaban J connectivity index is 1.83. The summed E-state index contributed by atoms with van der Waals surface area (Å²) in [6.07, 6.45) is 4.01. The molecule has 0 spiro atoms. The average molecular weight is 311 g/mol. The van der Waals surface area contributed by atoms with Crippen molar-refractivity contribution in [3.05, 3.63) is 30.1 Å². The van der Waals surface area contributed by atoms with Crippen LogP contribution in [0, 0.1) is 0 Å². The molecule has 1 aromatic rings. The molecule has 1 aliphatic heterocycles. The Morgan fingerprint density at radius 3 is 2.90 bits per heavy atom. The van der Waals surface area contributed by atoms with E-state index in [-0.39, 0.29) is 30.0 Å². The molecule has 1 aliphatic rings. The van der Waals surface area contributed by atoms with Crippen LogP contribution in [-0.2, 0) is 21.2 Å². The van der Waals surface area contributed by atoms with Crippen LogP contribution in [0.2, 0.25) is 0 Å². The summed E-state index contributed by atoms with van der Waals surface area (Å²) in [4.78, 5) is 17.9. The highest BCUT2D eigenvalue weighted by Crippen LogP contribution is 2.17. The first-order valence-corrected chi connectivity index (χ1v) is 8.92. The van der Waals surface area contributed by atoms with Gasteiger partial charge in [0.05, 0.1) is 18.1 Å². The quantitative estimate of drug-likeness (QED) is 0.812. The molecule has 21 heavy (non-hydrogen) atoms. The van der Waals surface area contributed by atoms with Crippen LogP contribution >= 0.6 is 0 Å². The third-order valence-corrected chi connectivity index (χ3v) is 5.44. The molecule has 0 saturated carbocycles. The van der Waals surface area contributed by atoms with Gasteiger partial charge in [-0.25, -0.2) is 8.42 Å². The second-order valence-corrected chi connectivity index (χ2v) is 7.49. The van der Waals surface area contributed by atoms with Gasteiger partial charge in [0.2, 0.25) is 5.91 Å². The molecule has 7 heteroatoms. The molecule has 0 aromatic carbocycles. The average Bonchev–Trinajstić information content (AvgIpc) is 2.83. The molecule has 1 aromatic heterocycles. The fourth-order valence-corrected chi connectivity index (χ4v) is 4.27. The van der Waals surface area contributed by atoms with E-state index in [0.717, 1.165) is 5.56 Å². The van der Waals surface area contributed by atoms with Crippen LogP contribution in [0.1, 0.15) is 18.9 Å². The van der Waals surface area contributed by atoms with Crippen molar-refractivity contribution in [3.63, 3.8) is 0 Å². The molecule has 1 saturated heterocycles. The maximum absolute atomic E-state index is 12.0. The smallest absolute Gasteiger partial charge is 0.234 e. The van der Waals surface area contributed by atoms with Gasteiger partial charge in [0.25, 0.3) is 0 Å². The molecule has 2 rings (SSSR count). The fourth-order valence-electron chi connectivity index (χ4n) is 2.51. The summed E-state index contributed by atoms with van der Waals surface area (Å²) < 4.78 is 23.0. The van der Waals surface area contributed by atoms with Crippen molar-refractivity contribution < 1.29 is 13.2 Å². The fraction of sp³-hybridized carbons (Fsp3) is 0.571. The van der Waals surface area contributed by atoms with Crippen LogP contribution in [0.5, 0.6) is 0 Å². The highest BCUT2D eigenvalue weighted by atomic mass is 32.2. The standard InChI is InChI=1S/C14H21N3O3S/c1-2-17(13-5-7-21(19,20)11-13)10-14(18)16-9-12-4-3-6-15-8-12/h3-4,6,8,13H,2,5,7,9-11H2,1H3,(H,16,18). The molecule has 0 bridgehead atoms. The van der Waals surface area contributed by atoms with E-state index in [9.17, 15) is 13.2 Å². The topological polar surface area (TPSA) is 79.4 Å². The van der Waals surface area contributed by atoms with Crippen LogP contribution in [0.4, 0.5) is 0 Å². The van der Waals surface area contributed by atoms with Crippen LogP contribution < -0.4 is 5.32 Å². The number of sulfone groups is 1. The minimum absolute atomic E-state index is 0.0378. The van der Waals surface area contributed by atoms with Crippen molar-refractivity contribution in [1.82, 2.24) is 15.2 Å². The van der Waals surface area contributed by atoms with E-state index in [1.165, 1.54) is 0 Å². The van der Waals surface area contributed by atoms with Crippen molar-refractivity contribution in [1.29, 1.82) is 0 Å². The predicted molar refractivity (Wildman–Crippen MR) is 80.4 cm³/mol. The van der Waals surface area contributed by atoms with Crippen molar-refractivity contribution in [3.8, 4) is 0 Å². The molecule has 0 aliphatic carbocycles. The van der Waals surface area contributed by atoms with E-state index in [4.69, 9.17) is 0 Å². The zero-order valence-corrected chi connectivity index (χ0v) is 13.0. The summed E-state index contributed by atoms with van der Waals surface area (Å²) in [5.74, 6) is 0.298. The number of likely N-dealkylation sites (N-methyl/N-ethyl adjacent to an activating group) is 1. The summed E-state index contributed by atoms with van der Waals surface area (Å²) >= 11 is 0. The largest absolute Gasteiger partial charge is 0.351 e. The first-order valence-electron chi connectivity index (χ1n) is 7.10. The summed E-state index contributed by atoms with van der Waals surface area (Å²) in [6.45, 7) is 3.28. The number of nitrogens with zero attached hydrogens (tertiary/aromatic N) is 2. The summed E-state index contributed by atoms with van der Waals surface area (Å²) in [5.41, 5.74) is 0.942. The summed E-state index contributed by atoms with van der Waals surface area (Å²) in [7, 11) is -2.92. The first kappa shape index (κ1) is 15.9. The molecule has 2 heterocycles. The van der Waals surface area contributed by atoms with Gasteiger partial charge >= 0.3 is 0 Å². The minimum Gasteiger partial charge on any atom is -0.351 e. The van der Waals surface area contributed by atoms with Gasteiger partial charge in [-0.2, -0.15) is 0 Å². The molecule has 1 atom stereocenters. The summed E-state index contributed by atoms with van der Waals surface area (Å²) in [6, 6.07) is 3.68. The number of aromatic nitrogens is 1. The molecule has 1 unspecified atom stereocenters. The SMILES string of the molecule is CCN(CC(=O)NCc1cccnc1)C1CCS(=O)(=O)C1. The number of carbonyl (C=O) groups excluding carboxylic acids is 1. The maximum atomic E-state index is 12.0. The van der Waals surface area contributed by atoms with Crippen molar-refractivity contribution in [2.45, 2.75) is 25.9 Å². The molecule has 1 N–H and O–H groups in total. The zero-order valence-electron chi connectivity index (χ0n) is 12.2. The highest BCUT2D eigenvalue weighted by molar-refractivity contribution is 7.91. The van der Waals surface area contributed by atoms with Gasteiger partial charge in [-0.3, -0.25) is 14.7 Å². The van der Waals surface area contributed by atoms with Crippen molar-refractivity contribution in [2.24, 2.45) is 0 Å². The lowest BCUT2D eigenvalue weighted by Gasteiger charge is -2.25. The lowest BCUT2D eigenvalue weighted by molar-refractivity contribution is -0.122. The van der Waals surface area contributed by atoms with Gasteiger partial charge < -0.3 is 5.32 Å². The number of amides is 1. The molecule has 1 amide bonds. The summed E-state index contributed by atoms with van der Waals surface area (Å²) in [5, 5.41) is 2.84. The van der Waals surface area contributed by atoms with Gasteiger partial charge in [-0.15, -0.1) is 0 Å². The van der Waals surface area contributed by atoms with E-state index in [1.807, 2.05) is 24.0 Å². The Morgan fingerprint density at radius 2 is 2.33 bits per heavy atom. The van der Waals surface area contributed by atoms with Crippen molar-refractivity contribution >= 4 is 15.7 Å². The maximum Gasteiger partial charge on any atom is 0.234 e. The Labute approximate surface area is 125 Å². The molecule has 0 radical (unpaired) electrons. The number of rotatable bonds is 6. The van der Waals surface area contributed by atoms with Crippen LogP contribution in [0.3, 0.4) is 0 Å². The minimum atomic E-state index is -2.92. The Hall–Kier alpha value is -1.47.